The molecule has 0 bridgehead atoms. The van der Waals surface area contributed by atoms with E-state index < -0.39 is 12.0 Å². The van der Waals surface area contributed by atoms with Crippen LogP contribution < -0.4 is 10.6 Å². The highest BCUT2D eigenvalue weighted by Gasteiger charge is 2.14. The Morgan fingerprint density at radius 3 is 2.43 bits per heavy atom. The fourth-order valence-corrected chi connectivity index (χ4v) is 2.42. The molecule has 0 unspecified atom stereocenters. The molecule has 5 nitrogen and oxygen atoms in total. The third-order valence-corrected chi connectivity index (χ3v) is 4.04. The van der Waals surface area contributed by atoms with Crippen molar-refractivity contribution in [2.75, 3.05) is 17.7 Å². The van der Waals surface area contributed by atoms with Gasteiger partial charge in [0.1, 0.15) is 0 Å². The van der Waals surface area contributed by atoms with E-state index in [1.165, 1.54) is 13.2 Å². The van der Waals surface area contributed by atoms with E-state index >= 15 is 0 Å². The molecule has 2 rings (SSSR count). The Morgan fingerprint density at radius 1 is 1.04 bits per heavy atom. The first-order valence-electron chi connectivity index (χ1n) is 6.31. The summed E-state index contributed by atoms with van der Waals surface area (Å²) < 4.78 is 5.39. The van der Waals surface area contributed by atoms with E-state index in [-0.39, 0.29) is 5.56 Å². The first-order chi connectivity index (χ1) is 10.9. The van der Waals surface area contributed by atoms with Crippen LogP contribution in [0.25, 0.3) is 0 Å². The van der Waals surface area contributed by atoms with Crippen LogP contribution in [-0.4, -0.2) is 19.1 Å². The van der Waals surface area contributed by atoms with Crippen LogP contribution in [0, 0.1) is 0 Å². The number of ether oxygens (including phenoxy) is 1. The van der Waals surface area contributed by atoms with Gasteiger partial charge in [0.2, 0.25) is 0 Å². The van der Waals surface area contributed by atoms with Crippen molar-refractivity contribution in [3.8, 4) is 0 Å². The predicted molar refractivity (Wildman–Crippen MR) is 94.6 cm³/mol. The Balaban J connectivity index is 2.16. The molecule has 2 aromatic rings. The zero-order valence-electron chi connectivity index (χ0n) is 11.8. The summed E-state index contributed by atoms with van der Waals surface area (Å²) in [5.41, 5.74) is 1.01. The summed E-state index contributed by atoms with van der Waals surface area (Å²) >= 11 is 15.0. The molecule has 2 N–H and O–H groups in total. The summed E-state index contributed by atoms with van der Waals surface area (Å²) in [6.07, 6.45) is 0. The molecule has 0 fully saturated rings. The van der Waals surface area contributed by atoms with E-state index in [0.717, 1.165) is 0 Å². The molecule has 23 heavy (non-hydrogen) atoms. The van der Waals surface area contributed by atoms with Gasteiger partial charge in [-0.2, -0.15) is 0 Å². The number of anilines is 2. The lowest BCUT2D eigenvalue weighted by atomic mass is 10.2. The Bertz CT molecular complexity index is 768. The molecule has 0 atom stereocenters. The number of amides is 2. The maximum atomic E-state index is 12.1. The van der Waals surface area contributed by atoms with Gasteiger partial charge in [0.25, 0.3) is 0 Å². The topological polar surface area (TPSA) is 67.4 Å². The van der Waals surface area contributed by atoms with E-state index in [0.29, 0.717) is 25.9 Å². The van der Waals surface area contributed by atoms with E-state index in [1.54, 1.807) is 30.3 Å². The molecule has 0 spiro atoms. The number of benzene rings is 2. The van der Waals surface area contributed by atoms with Crippen molar-refractivity contribution in [1.29, 1.82) is 0 Å². The Kier molecular flexibility index (Phi) is 5.87. The van der Waals surface area contributed by atoms with Crippen LogP contribution in [0.4, 0.5) is 16.2 Å². The number of esters is 1. The smallest absolute Gasteiger partial charge is 0.340 e. The van der Waals surface area contributed by atoms with Gasteiger partial charge < -0.3 is 15.4 Å². The second kappa shape index (κ2) is 7.68. The molecular weight excluding hydrogens is 407 g/mol. The number of halogens is 3. The molecule has 2 amide bonds. The van der Waals surface area contributed by atoms with Crippen LogP contribution in [0.1, 0.15) is 10.4 Å². The maximum absolute atomic E-state index is 12.1. The Labute approximate surface area is 151 Å². The number of rotatable bonds is 3. The standard InChI is InChI=1S/C15H11BrCl2N2O3/c1-23-14(21)10-6-8(16)2-5-13(10)20-15(22)19-9-3-4-11(17)12(18)7-9/h2-7H,1H3,(H2,19,20,22). The predicted octanol–water partition coefficient (Wildman–Crippen LogP) is 5.19. The number of hydrogen-bond acceptors (Lipinski definition) is 3. The van der Waals surface area contributed by atoms with Crippen LogP contribution >= 0.6 is 39.1 Å². The molecule has 0 aliphatic rings. The monoisotopic (exact) mass is 416 g/mol. The number of urea groups is 1. The third-order valence-electron chi connectivity index (χ3n) is 2.81. The Morgan fingerprint density at radius 2 is 1.78 bits per heavy atom. The van der Waals surface area contributed by atoms with Crippen LogP contribution in [0.15, 0.2) is 40.9 Å². The van der Waals surface area contributed by atoms with Crippen molar-refractivity contribution in [3.63, 3.8) is 0 Å². The molecule has 0 aromatic heterocycles. The number of carbonyl (C=O) groups excluding carboxylic acids is 2. The highest BCUT2D eigenvalue weighted by Crippen LogP contribution is 2.26. The summed E-state index contributed by atoms with van der Waals surface area (Å²) in [7, 11) is 1.27. The first kappa shape index (κ1) is 17.6. The van der Waals surface area contributed by atoms with Crippen molar-refractivity contribution in [1.82, 2.24) is 0 Å². The number of carbonyl (C=O) groups is 2. The Hall–Kier alpha value is -1.76. The van der Waals surface area contributed by atoms with E-state index in [9.17, 15) is 9.59 Å². The summed E-state index contributed by atoms with van der Waals surface area (Å²) in [6, 6.07) is 9.00. The molecule has 8 heteroatoms. The summed E-state index contributed by atoms with van der Waals surface area (Å²) in [5.74, 6) is -0.559. The van der Waals surface area contributed by atoms with Gasteiger partial charge >= 0.3 is 12.0 Å². The quantitative estimate of drug-likeness (QED) is 0.675. The van der Waals surface area contributed by atoms with Crippen LogP contribution in [0.5, 0.6) is 0 Å². The minimum Gasteiger partial charge on any atom is -0.465 e. The fraction of sp³-hybridized carbons (Fsp3) is 0.0667. The minimum absolute atomic E-state index is 0.228. The third kappa shape index (κ3) is 4.60. The normalized spacial score (nSPS) is 10.1. The second-order valence-corrected chi connectivity index (χ2v) is 6.12. The van der Waals surface area contributed by atoms with Gasteiger partial charge in [-0.25, -0.2) is 9.59 Å². The van der Waals surface area contributed by atoms with Gasteiger partial charge in [0, 0.05) is 10.2 Å². The SMILES string of the molecule is COC(=O)c1cc(Br)ccc1NC(=O)Nc1ccc(Cl)c(Cl)c1. The maximum Gasteiger partial charge on any atom is 0.340 e. The van der Waals surface area contributed by atoms with Gasteiger partial charge in [0.15, 0.2) is 0 Å². The van der Waals surface area contributed by atoms with E-state index in [1.807, 2.05) is 0 Å². The highest BCUT2D eigenvalue weighted by molar-refractivity contribution is 9.10. The number of nitrogens with one attached hydrogen (secondary N) is 2. The molecule has 0 aliphatic carbocycles. The average molecular weight is 418 g/mol. The molecule has 0 heterocycles. The second-order valence-electron chi connectivity index (χ2n) is 4.39. The number of methoxy groups -OCH3 is 1. The molecule has 120 valence electrons. The molecule has 0 saturated carbocycles. The molecule has 0 aliphatic heterocycles. The summed E-state index contributed by atoms with van der Waals surface area (Å²) in [4.78, 5) is 23.8. The zero-order chi connectivity index (χ0) is 17.0. The molecule has 0 saturated heterocycles. The van der Waals surface area contributed by atoms with Crippen molar-refractivity contribution < 1.29 is 14.3 Å². The first-order valence-corrected chi connectivity index (χ1v) is 7.86. The van der Waals surface area contributed by atoms with E-state index in [4.69, 9.17) is 27.9 Å². The molecule has 0 radical (unpaired) electrons. The highest BCUT2D eigenvalue weighted by atomic mass is 79.9. The van der Waals surface area contributed by atoms with Crippen LogP contribution in [0.2, 0.25) is 10.0 Å². The zero-order valence-corrected chi connectivity index (χ0v) is 14.9. The van der Waals surface area contributed by atoms with Gasteiger partial charge in [-0.05, 0) is 36.4 Å². The minimum atomic E-state index is -0.559. The lowest BCUT2D eigenvalue weighted by Gasteiger charge is -2.11. The van der Waals surface area contributed by atoms with Gasteiger partial charge in [0.05, 0.1) is 28.4 Å². The fourth-order valence-electron chi connectivity index (χ4n) is 1.76. The van der Waals surface area contributed by atoms with Crippen molar-refractivity contribution >= 4 is 62.5 Å². The van der Waals surface area contributed by atoms with E-state index in [2.05, 4.69) is 26.6 Å². The summed E-state index contributed by atoms with van der Waals surface area (Å²) in [5, 5.41) is 5.90. The number of hydrogen-bond donors (Lipinski definition) is 2. The van der Waals surface area contributed by atoms with Crippen molar-refractivity contribution in [3.05, 3.63) is 56.5 Å². The average Bonchev–Trinajstić information content (AvgIpc) is 2.52. The van der Waals surface area contributed by atoms with Crippen LogP contribution in [-0.2, 0) is 4.74 Å². The van der Waals surface area contributed by atoms with Gasteiger partial charge in [-0.3, -0.25) is 0 Å². The van der Waals surface area contributed by atoms with Crippen molar-refractivity contribution in [2.24, 2.45) is 0 Å². The largest absolute Gasteiger partial charge is 0.465 e. The lowest BCUT2D eigenvalue weighted by Crippen LogP contribution is -2.21. The summed E-state index contributed by atoms with van der Waals surface area (Å²) in [6.45, 7) is 0. The van der Waals surface area contributed by atoms with Gasteiger partial charge in [-0.15, -0.1) is 0 Å². The molecule has 2 aromatic carbocycles. The van der Waals surface area contributed by atoms with Gasteiger partial charge in [-0.1, -0.05) is 39.1 Å². The lowest BCUT2D eigenvalue weighted by molar-refractivity contribution is 0.0602. The van der Waals surface area contributed by atoms with Crippen molar-refractivity contribution in [2.45, 2.75) is 0 Å². The molecular formula is C15H11BrCl2N2O3. The van der Waals surface area contributed by atoms with Crippen LogP contribution in [0.3, 0.4) is 0 Å².